The van der Waals surface area contributed by atoms with E-state index in [2.05, 4.69) is 22.9 Å². The molecular weight excluding hydrogens is 232 g/mol. The number of hydrogen-bond donors (Lipinski definition) is 2. The molecule has 1 aromatic carbocycles. The van der Waals surface area contributed by atoms with Gasteiger partial charge in [0.25, 0.3) is 0 Å². The van der Waals surface area contributed by atoms with E-state index in [0.717, 1.165) is 24.8 Å². The number of aromatic hydroxyl groups is 2. The van der Waals surface area contributed by atoms with Crippen molar-refractivity contribution < 1.29 is 10.2 Å². The highest BCUT2D eigenvalue weighted by molar-refractivity contribution is 9.10. The molecule has 0 aliphatic heterocycles. The van der Waals surface area contributed by atoms with Crippen LogP contribution in [0.25, 0.3) is 0 Å². The molecule has 0 radical (unpaired) electrons. The number of aryl methyl sites for hydroxylation is 1. The Labute approximate surface area is 86.3 Å². The van der Waals surface area contributed by atoms with Gasteiger partial charge in [0.05, 0.1) is 4.47 Å². The third kappa shape index (κ3) is 2.37. The Morgan fingerprint density at radius 3 is 2.54 bits per heavy atom. The summed E-state index contributed by atoms with van der Waals surface area (Å²) in [6.45, 7) is 2.09. The van der Waals surface area contributed by atoms with Crippen molar-refractivity contribution in [2.45, 2.75) is 26.2 Å². The van der Waals surface area contributed by atoms with Crippen molar-refractivity contribution in [3.63, 3.8) is 0 Å². The number of phenols is 2. The van der Waals surface area contributed by atoms with Gasteiger partial charge in [-0.05, 0) is 40.4 Å². The number of unbranched alkanes of at least 4 members (excludes halogenated alkanes) is 1. The molecule has 0 unspecified atom stereocenters. The smallest absolute Gasteiger partial charge is 0.172 e. The van der Waals surface area contributed by atoms with E-state index in [0.29, 0.717) is 4.47 Å². The van der Waals surface area contributed by atoms with Crippen molar-refractivity contribution in [2.24, 2.45) is 0 Å². The Kier molecular flexibility index (Phi) is 3.60. The second kappa shape index (κ2) is 4.51. The van der Waals surface area contributed by atoms with Crippen molar-refractivity contribution in [1.82, 2.24) is 0 Å². The molecule has 0 heterocycles. The Morgan fingerprint density at radius 2 is 1.92 bits per heavy atom. The van der Waals surface area contributed by atoms with Gasteiger partial charge < -0.3 is 10.2 Å². The summed E-state index contributed by atoms with van der Waals surface area (Å²) in [4.78, 5) is 0. The maximum absolute atomic E-state index is 9.53. The van der Waals surface area contributed by atoms with E-state index >= 15 is 0 Å². The highest BCUT2D eigenvalue weighted by Gasteiger charge is 2.08. The summed E-state index contributed by atoms with van der Waals surface area (Å²) in [5.74, 6) is -0.0589. The molecule has 0 atom stereocenters. The van der Waals surface area contributed by atoms with Gasteiger partial charge in [-0.3, -0.25) is 0 Å². The van der Waals surface area contributed by atoms with Crippen molar-refractivity contribution in [3.8, 4) is 11.5 Å². The van der Waals surface area contributed by atoms with Crippen molar-refractivity contribution in [2.75, 3.05) is 0 Å². The van der Waals surface area contributed by atoms with E-state index in [-0.39, 0.29) is 11.5 Å². The first-order chi connectivity index (χ1) is 6.16. The fourth-order valence-electron chi connectivity index (χ4n) is 1.17. The zero-order valence-electron chi connectivity index (χ0n) is 7.55. The average Bonchev–Trinajstić information content (AvgIpc) is 2.13. The van der Waals surface area contributed by atoms with E-state index in [1.165, 1.54) is 0 Å². The van der Waals surface area contributed by atoms with Gasteiger partial charge in [-0.25, -0.2) is 0 Å². The molecular formula is C10H13BrO2. The zero-order valence-corrected chi connectivity index (χ0v) is 9.13. The third-order valence-corrected chi connectivity index (χ3v) is 2.63. The van der Waals surface area contributed by atoms with E-state index in [4.69, 9.17) is 0 Å². The first-order valence-electron chi connectivity index (χ1n) is 4.36. The van der Waals surface area contributed by atoms with Crippen LogP contribution in [0.4, 0.5) is 0 Å². The lowest BCUT2D eigenvalue weighted by Crippen LogP contribution is -1.86. The van der Waals surface area contributed by atoms with Crippen LogP contribution in [0.1, 0.15) is 25.3 Å². The van der Waals surface area contributed by atoms with E-state index in [9.17, 15) is 10.2 Å². The lowest BCUT2D eigenvalue weighted by atomic mass is 10.1. The standard InChI is InChI=1S/C10H13BrO2/c1-2-3-4-7-5-6-8(11)10(13)9(7)12/h5-6,12-13H,2-4H2,1H3. The number of hydrogen-bond acceptors (Lipinski definition) is 2. The monoisotopic (exact) mass is 244 g/mol. The molecule has 0 saturated carbocycles. The quantitative estimate of drug-likeness (QED) is 0.803. The Bertz CT molecular complexity index is 297. The summed E-state index contributed by atoms with van der Waals surface area (Å²) >= 11 is 3.14. The largest absolute Gasteiger partial charge is 0.504 e. The first-order valence-corrected chi connectivity index (χ1v) is 5.15. The summed E-state index contributed by atoms with van der Waals surface area (Å²) in [6, 6.07) is 3.58. The molecule has 0 fully saturated rings. The molecule has 0 spiro atoms. The van der Waals surface area contributed by atoms with E-state index in [1.54, 1.807) is 6.07 Å². The summed E-state index contributed by atoms with van der Waals surface area (Å²) in [5, 5.41) is 18.9. The molecule has 2 nitrogen and oxygen atoms in total. The van der Waals surface area contributed by atoms with Crippen LogP contribution in [0.2, 0.25) is 0 Å². The molecule has 13 heavy (non-hydrogen) atoms. The van der Waals surface area contributed by atoms with Crippen LogP contribution in [-0.2, 0) is 6.42 Å². The number of halogens is 1. The molecule has 0 aromatic heterocycles. The molecule has 0 aliphatic rings. The third-order valence-electron chi connectivity index (χ3n) is 1.99. The molecule has 0 saturated heterocycles. The zero-order chi connectivity index (χ0) is 9.84. The van der Waals surface area contributed by atoms with E-state index < -0.39 is 0 Å². The van der Waals surface area contributed by atoms with Crippen LogP contribution in [0.5, 0.6) is 11.5 Å². The Balaban J connectivity index is 2.90. The van der Waals surface area contributed by atoms with Gasteiger partial charge >= 0.3 is 0 Å². The van der Waals surface area contributed by atoms with Gasteiger partial charge in [0, 0.05) is 0 Å². The number of benzene rings is 1. The minimum absolute atomic E-state index is 0.00262. The summed E-state index contributed by atoms with van der Waals surface area (Å²) < 4.78 is 0.533. The lowest BCUT2D eigenvalue weighted by Gasteiger charge is -2.06. The SMILES string of the molecule is CCCCc1ccc(Br)c(O)c1O. The topological polar surface area (TPSA) is 40.5 Å². The number of phenolic OH excluding ortho intramolecular Hbond substituents is 2. The molecule has 2 N–H and O–H groups in total. The predicted octanol–water partition coefficient (Wildman–Crippen LogP) is 3.20. The molecule has 3 heteroatoms. The maximum Gasteiger partial charge on any atom is 0.172 e. The molecule has 1 rings (SSSR count). The van der Waals surface area contributed by atoms with Gasteiger partial charge in [-0.15, -0.1) is 0 Å². The van der Waals surface area contributed by atoms with Gasteiger partial charge in [-0.2, -0.15) is 0 Å². The maximum atomic E-state index is 9.53. The fraction of sp³-hybridized carbons (Fsp3) is 0.400. The average molecular weight is 245 g/mol. The second-order valence-corrected chi connectivity index (χ2v) is 3.86. The second-order valence-electron chi connectivity index (χ2n) is 3.01. The summed E-state index contributed by atoms with van der Waals surface area (Å²) in [5.41, 5.74) is 0.808. The minimum Gasteiger partial charge on any atom is -0.504 e. The van der Waals surface area contributed by atoms with Crippen LogP contribution in [0.3, 0.4) is 0 Å². The highest BCUT2D eigenvalue weighted by atomic mass is 79.9. The Morgan fingerprint density at radius 1 is 1.23 bits per heavy atom. The van der Waals surface area contributed by atoms with Crippen LogP contribution in [-0.4, -0.2) is 10.2 Å². The van der Waals surface area contributed by atoms with Crippen LogP contribution >= 0.6 is 15.9 Å². The van der Waals surface area contributed by atoms with E-state index in [1.807, 2.05) is 6.07 Å². The van der Waals surface area contributed by atoms with Gasteiger partial charge in [0.15, 0.2) is 11.5 Å². The normalized spacial score (nSPS) is 10.3. The van der Waals surface area contributed by atoms with Crippen LogP contribution in [0, 0.1) is 0 Å². The van der Waals surface area contributed by atoms with Gasteiger partial charge in [-0.1, -0.05) is 19.4 Å². The lowest BCUT2D eigenvalue weighted by molar-refractivity contribution is 0.396. The molecule has 1 aromatic rings. The summed E-state index contributed by atoms with van der Waals surface area (Å²) in [6.07, 6.45) is 2.91. The van der Waals surface area contributed by atoms with Crippen molar-refractivity contribution in [3.05, 3.63) is 22.2 Å². The van der Waals surface area contributed by atoms with Crippen LogP contribution in [0.15, 0.2) is 16.6 Å². The molecule has 0 bridgehead atoms. The summed E-state index contributed by atoms with van der Waals surface area (Å²) in [7, 11) is 0. The molecule has 0 aliphatic carbocycles. The molecule has 0 amide bonds. The Hall–Kier alpha value is -0.700. The molecule has 72 valence electrons. The highest BCUT2D eigenvalue weighted by Crippen LogP contribution is 2.36. The van der Waals surface area contributed by atoms with Crippen LogP contribution < -0.4 is 0 Å². The number of rotatable bonds is 3. The van der Waals surface area contributed by atoms with Crippen molar-refractivity contribution in [1.29, 1.82) is 0 Å². The first kappa shape index (κ1) is 10.4. The van der Waals surface area contributed by atoms with Gasteiger partial charge in [0.2, 0.25) is 0 Å². The van der Waals surface area contributed by atoms with Crippen molar-refractivity contribution >= 4 is 15.9 Å². The predicted molar refractivity (Wildman–Crippen MR) is 56.1 cm³/mol. The van der Waals surface area contributed by atoms with Gasteiger partial charge in [0.1, 0.15) is 0 Å². The fourth-order valence-corrected chi connectivity index (χ4v) is 1.49. The minimum atomic E-state index is -0.0615.